The maximum absolute atomic E-state index is 10.7. The van der Waals surface area contributed by atoms with Crippen molar-refractivity contribution in [1.82, 2.24) is 0 Å². The molecule has 0 fully saturated rings. The topological polar surface area (TPSA) is 26.3 Å². The maximum atomic E-state index is 10.7. The lowest BCUT2D eigenvalue weighted by molar-refractivity contribution is 0.111. The van der Waals surface area contributed by atoms with Gasteiger partial charge in [-0.1, -0.05) is 19.9 Å². The van der Waals surface area contributed by atoms with E-state index >= 15 is 0 Å². The fraction of sp³-hybridized carbons (Fsp3) is 0.417. The normalized spacial score (nSPS) is 10.3. The SMILES string of the molecule is Cc1ccc(C=O)c(OCC(C)C)c1. The van der Waals surface area contributed by atoms with Crippen molar-refractivity contribution in [2.75, 3.05) is 6.61 Å². The van der Waals surface area contributed by atoms with Crippen molar-refractivity contribution in [2.24, 2.45) is 5.92 Å². The second-order valence-corrected chi connectivity index (χ2v) is 3.86. The zero-order valence-electron chi connectivity index (χ0n) is 8.91. The summed E-state index contributed by atoms with van der Waals surface area (Å²) < 4.78 is 5.54. The summed E-state index contributed by atoms with van der Waals surface area (Å²) in [5.74, 6) is 1.16. The first kappa shape index (κ1) is 10.8. The molecule has 0 spiro atoms. The number of ether oxygens (including phenoxy) is 1. The predicted molar refractivity (Wildman–Crippen MR) is 56.9 cm³/mol. The van der Waals surface area contributed by atoms with Crippen molar-refractivity contribution in [3.8, 4) is 5.75 Å². The van der Waals surface area contributed by atoms with Crippen LogP contribution in [0, 0.1) is 12.8 Å². The van der Waals surface area contributed by atoms with Gasteiger partial charge in [0.05, 0.1) is 12.2 Å². The van der Waals surface area contributed by atoms with E-state index in [9.17, 15) is 4.79 Å². The van der Waals surface area contributed by atoms with Gasteiger partial charge in [-0.2, -0.15) is 0 Å². The van der Waals surface area contributed by atoms with E-state index in [4.69, 9.17) is 4.74 Å². The number of carbonyl (C=O) groups excluding carboxylic acids is 1. The zero-order valence-corrected chi connectivity index (χ0v) is 8.91. The molecule has 0 bridgehead atoms. The molecule has 1 aromatic carbocycles. The Hall–Kier alpha value is -1.31. The van der Waals surface area contributed by atoms with E-state index in [1.54, 1.807) is 6.07 Å². The highest BCUT2D eigenvalue weighted by atomic mass is 16.5. The van der Waals surface area contributed by atoms with E-state index in [2.05, 4.69) is 13.8 Å². The monoisotopic (exact) mass is 192 g/mol. The predicted octanol–water partition coefficient (Wildman–Crippen LogP) is 2.84. The maximum Gasteiger partial charge on any atom is 0.153 e. The highest BCUT2D eigenvalue weighted by Gasteiger charge is 2.03. The number of rotatable bonds is 4. The van der Waals surface area contributed by atoms with Gasteiger partial charge in [-0.15, -0.1) is 0 Å². The van der Waals surface area contributed by atoms with Crippen LogP contribution in [0.3, 0.4) is 0 Å². The summed E-state index contributed by atoms with van der Waals surface area (Å²) in [5.41, 5.74) is 1.73. The van der Waals surface area contributed by atoms with Crippen molar-refractivity contribution in [3.63, 3.8) is 0 Å². The zero-order chi connectivity index (χ0) is 10.6. The summed E-state index contributed by atoms with van der Waals surface area (Å²) in [6.45, 7) is 6.79. The average Bonchev–Trinajstić information content (AvgIpc) is 2.15. The van der Waals surface area contributed by atoms with Gasteiger partial charge in [0.15, 0.2) is 6.29 Å². The molecule has 0 saturated heterocycles. The summed E-state index contributed by atoms with van der Waals surface area (Å²) >= 11 is 0. The summed E-state index contributed by atoms with van der Waals surface area (Å²) in [6, 6.07) is 5.59. The number of aldehydes is 1. The van der Waals surface area contributed by atoms with Crippen LogP contribution in [0.2, 0.25) is 0 Å². The van der Waals surface area contributed by atoms with Gasteiger partial charge in [0.2, 0.25) is 0 Å². The van der Waals surface area contributed by atoms with Crippen molar-refractivity contribution >= 4 is 6.29 Å². The molecular weight excluding hydrogens is 176 g/mol. The highest BCUT2D eigenvalue weighted by molar-refractivity contribution is 5.79. The molecule has 76 valence electrons. The van der Waals surface area contributed by atoms with Crippen LogP contribution in [0.4, 0.5) is 0 Å². The third-order valence-electron chi connectivity index (χ3n) is 1.87. The van der Waals surface area contributed by atoms with Gasteiger partial charge in [-0.05, 0) is 30.5 Å². The molecule has 0 unspecified atom stereocenters. The minimum atomic E-state index is 0.468. The van der Waals surface area contributed by atoms with Gasteiger partial charge in [-0.25, -0.2) is 0 Å². The standard InChI is InChI=1S/C12H16O2/c1-9(2)8-14-12-6-10(3)4-5-11(12)7-13/h4-7,9H,8H2,1-3H3. The average molecular weight is 192 g/mol. The third kappa shape index (κ3) is 2.87. The van der Waals surface area contributed by atoms with Gasteiger partial charge in [-0.3, -0.25) is 4.79 Å². The Kier molecular flexibility index (Phi) is 3.69. The first-order chi connectivity index (χ1) is 6.63. The van der Waals surface area contributed by atoms with Crippen LogP contribution in [-0.4, -0.2) is 12.9 Å². The van der Waals surface area contributed by atoms with Gasteiger partial charge < -0.3 is 4.74 Å². The van der Waals surface area contributed by atoms with E-state index in [0.29, 0.717) is 23.8 Å². The largest absolute Gasteiger partial charge is 0.493 e. The van der Waals surface area contributed by atoms with E-state index in [1.165, 1.54) is 0 Å². The lowest BCUT2D eigenvalue weighted by Crippen LogP contribution is -2.06. The van der Waals surface area contributed by atoms with Gasteiger partial charge >= 0.3 is 0 Å². The highest BCUT2D eigenvalue weighted by Crippen LogP contribution is 2.19. The molecular formula is C12H16O2. The number of aryl methyl sites for hydroxylation is 1. The molecule has 0 atom stereocenters. The summed E-state index contributed by atoms with van der Waals surface area (Å²) in [4.78, 5) is 10.7. The Bertz CT molecular complexity index is 316. The quantitative estimate of drug-likeness (QED) is 0.686. The van der Waals surface area contributed by atoms with Crippen LogP contribution < -0.4 is 4.74 Å². The fourth-order valence-electron chi connectivity index (χ4n) is 1.12. The molecule has 0 radical (unpaired) electrons. The van der Waals surface area contributed by atoms with E-state index in [-0.39, 0.29) is 0 Å². The van der Waals surface area contributed by atoms with E-state index < -0.39 is 0 Å². The molecule has 0 aromatic heterocycles. The van der Waals surface area contributed by atoms with Crippen molar-refractivity contribution in [2.45, 2.75) is 20.8 Å². The molecule has 2 nitrogen and oxygen atoms in total. The number of hydrogen-bond acceptors (Lipinski definition) is 2. The minimum absolute atomic E-state index is 0.468. The second kappa shape index (κ2) is 4.80. The first-order valence-corrected chi connectivity index (χ1v) is 4.82. The van der Waals surface area contributed by atoms with Crippen LogP contribution in [-0.2, 0) is 0 Å². The van der Waals surface area contributed by atoms with Gasteiger partial charge in [0, 0.05) is 0 Å². The van der Waals surface area contributed by atoms with Crippen LogP contribution in [0.15, 0.2) is 18.2 Å². The van der Waals surface area contributed by atoms with E-state index in [0.717, 1.165) is 11.8 Å². The molecule has 2 heteroatoms. The Morgan fingerprint density at radius 2 is 2.14 bits per heavy atom. The van der Waals surface area contributed by atoms with Crippen molar-refractivity contribution in [3.05, 3.63) is 29.3 Å². The molecule has 0 aliphatic carbocycles. The molecule has 14 heavy (non-hydrogen) atoms. The van der Waals surface area contributed by atoms with Crippen LogP contribution in [0.1, 0.15) is 29.8 Å². The summed E-state index contributed by atoms with van der Waals surface area (Å²) in [7, 11) is 0. The Morgan fingerprint density at radius 1 is 1.43 bits per heavy atom. The smallest absolute Gasteiger partial charge is 0.153 e. The Morgan fingerprint density at radius 3 is 2.71 bits per heavy atom. The molecule has 0 amide bonds. The summed E-state index contributed by atoms with van der Waals surface area (Å²) in [6.07, 6.45) is 0.828. The Balaban J connectivity index is 2.82. The van der Waals surface area contributed by atoms with Crippen molar-refractivity contribution < 1.29 is 9.53 Å². The molecule has 1 rings (SSSR count). The lowest BCUT2D eigenvalue weighted by Gasteiger charge is -2.10. The Labute approximate surface area is 84.9 Å². The lowest BCUT2D eigenvalue weighted by atomic mass is 10.1. The van der Waals surface area contributed by atoms with Gasteiger partial charge in [0.25, 0.3) is 0 Å². The van der Waals surface area contributed by atoms with Gasteiger partial charge in [0.1, 0.15) is 5.75 Å². The van der Waals surface area contributed by atoms with Crippen molar-refractivity contribution in [1.29, 1.82) is 0 Å². The molecule has 0 N–H and O–H groups in total. The second-order valence-electron chi connectivity index (χ2n) is 3.86. The third-order valence-corrected chi connectivity index (χ3v) is 1.87. The molecule has 1 aromatic rings. The summed E-state index contributed by atoms with van der Waals surface area (Å²) in [5, 5.41) is 0. The van der Waals surface area contributed by atoms with Crippen LogP contribution >= 0.6 is 0 Å². The minimum Gasteiger partial charge on any atom is -0.493 e. The molecule has 0 heterocycles. The molecule has 0 saturated carbocycles. The number of carbonyl (C=O) groups is 1. The molecule has 0 aliphatic heterocycles. The fourth-order valence-corrected chi connectivity index (χ4v) is 1.12. The van der Waals surface area contributed by atoms with Crippen LogP contribution in [0.25, 0.3) is 0 Å². The van der Waals surface area contributed by atoms with Crippen LogP contribution in [0.5, 0.6) is 5.75 Å². The molecule has 0 aliphatic rings. The number of benzene rings is 1. The first-order valence-electron chi connectivity index (χ1n) is 4.82. The van der Waals surface area contributed by atoms with E-state index in [1.807, 2.05) is 19.1 Å². The number of hydrogen-bond donors (Lipinski definition) is 0.